The summed E-state index contributed by atoms with van der Waals surface area (Å²) in [5, 5.41) is 4.24. The number of fused-ring (bicyclic) bond motifs is 1. The fourth-order valence-electron chi connectivity index (χ4n) is 2.26. The molecule has 0 spiro atoms. The molecule has 0 aromatic carbocycles. The Labute approximate surface area is 118 Å². The highest BCUT2D eigenvalue weighted by molar-refractivity contribution is 7.92. The summed E-state index contributed by atoms with van der Waals surface area (Å²) in [6.45, 7) is 3.81. The molecular formula is C12H19N3O4S. The van der Waals surface area contributed by atoms with E-state index >= 15 is 0 Å². The first-order valence-corrected chi connectivity index (χ1v) is 7.70. The van der Waals surface area contributed by atoms with Gasteiger partial charge in [0.25, 0.3) is 9.84 Å². The predicted octanol–water partition coefficient (Wildman–Crippen LogP) is 0.551. The van der Waals surface area contributed by atoms with Crippen LogP contribution in [-0.4, -0.2) is 44.9 Å². The average Bonchev–Trinajstić information content (AvgIpc) is 2.39. The topological polar surface area (TPSA) is 89.6 Å². The van der Waals surface area contributed by atoms with Gasteiger partial charge in [-0.2, -0.15) is 0 Å². The number of sulfone groups is 1. The van der Waals surface area contributed by atoms with Gasteiger partial charge in [-0.25, -0.2) is 13.4 Å². The lowest BCUT2D eigenvalue weighted by atomic mass is 10.3. The van der Waals surface area contributed by atoms with Crippen molar-refractivity contribution in [1.29, 1.82) is 0 Å². The lowest BCUT2D eigenvalue weighted by Gasteiger charge is -2.42. The maximum absolute atomic E-state index is 12.8. The molecule has 2 N–H and O–H groups in total. The Hall–Kier alpha value is -1.22. The number of nitrogens with zero attached hydrogens (tertiary/aromatic N) is 1. The van der Waals surface area contributed by atoms with Gasteiger partial charge in [0.2, 0.25) is 0 Å². The van der Waals surface area contributed by atoms with Crippen LogP contribution in [0.2, 0.25) is 0 Å². The molecule has 2 rings (SSSR count). The molecule has 0 amide bonds. The first-order chi connectivity index (χ1) is 9.39. The molecule has 0 saturated carbocycles. The second-order valence-electron chi connectivity index (χ2n) is 4.77. The van der Waals surface area contributed by atoms with Gasteiger partial charge in [0.05, 0.1) is 5.69 Å². The number of methoxy groups -OCH3 is 2. The molecule has 2 heterocycles. The van der Waals surface area contributed by atoms with Crippen LogP contribution in [0, 0.1) is 0 Å². The molecule has 7 nitrogen and oxygen atoms in total. The van der Waals surface area contributed by atoms with Crippen molar-refractivity contribution in [2.75, 3.05) is 19.5 Å². The molecule has 0 saturated heterocycles. The van der Waals surface area contributed by atoms with E-state index in [9.17, 15) is 8.42 Å². The minimum Gasteiger partial charge on any atom is -0.362 e. The van der Waals surface area contributed by atoms with Crippen LogP contribution in [-0.2, 0) is 19.3 Å². The maximum Gasteiger partial charge on any atom is 0.314 e. The van der Waals surface area contributed by atoms with Crippen molar-refractivity contribution in [3.05, 3.63) is 18.3 Å². The highest BCUT2D eigenvalue weighted by atomic mass is 32.2. The smallest absolute Gasteiger partial charge is 0.314 e. The zero-order chi connectivity index (χ0) is 15.0. The van der Waals surface area contributed by atoms with Crippen molar-refractivity contribution in [3.8, 4) is 0 Å². The molecule has 1 aliphatic rings. The third kappa shape index (κ3) is 2.08. The van der Waals surface area contributed by atoms with Crippen LogP contribution in [0.25, 0.3) is 0 Å². The number of ether oxygens (including phenoxy) is 2. The number of hydrogen-bond acceptors (Lipinski definition) is 7. The van der Waals surface area contributed by atoms with Gasteiger partial charge in [0.15, 0.2) is 5.03 Å². The molecular weight excluding hydrogens is 282 g/mol. The van der Waals surface area contributed by atoms with Crippen molar-refractivity contribution >= 4 is 15.5 Å². The summed E-state index contributed by atoms with van der Waals surface area (Å²) < 4.78 is 36.1. The van der Waals surface area contributed by atoms with Gasteiger partial charge in [-0.15, -0.1) is 0 Å². The Balaban J connectivity index is 2.62. The van der Waals surface area contributed by atoms with E-state index in [2.05, 4.69) is 15.6 Å². The summed E-state index contributed by atoms with van der Waals surface area (Å²) >= 11 is 0. The maximum atomic E-state index is 12.8. The van der Waals surface area contributed by atoms with E-state index in [-0.39, 0.29) is 11.1 Å². The van der Waals surface area contributed by atoms with Crippen LogP contribution < -0.4 is 10.6 Å². The van der Waals surface area contributed by atoms with Gasteiger partial charge < -0.3 is 14.8 Å². The Morgan fingerprint density at radius 3 is 2.60 bits per heavy atom. The fourth-order valence-corrected chi connectivity index (χ4v) is 4.03. The standard InChI is InChI=1S/C12H19N3O4S/c1-8(2)14-11-12(18-3,19-4)20(16,17)10-9(15-11)6-5-7-13-10/h5-8,11,14-15H,1-4H3. The minimum absolute atomic E-state index is 0.0330. The molecule has 8 heteroatoms. The normalized spacial score (nSPS) is 23.1. The second-order valence-corrected chi connectivity index (χ2v) is 6.73. The fraction of sp³-hybridized carbons (Fsp3) is 0.583. The van der Waals surface area contributed by atoms with Crippen molar-refractivity contribution in [2.45, 2.75) is 36.2 Å². The third-order valence-electron chi connectivity index (χ3n) is 3.12. The van der Waals surface area contributed by atoms with Gasteiger partial charge >= 0.3 is 5.12 Å². The minimum atomic E-state index is -3.92. The summed E-state index contributed by atoms with van der Waals surface area (Å²) in [4.78, 5) is 3.94. The molecule has 0 bridgehead atoms. The first-order valence-electron chi connectivity index (χ1n) is 6.21. The largest absolute Gasteiger partial charge is 0.362 e. The van der Waals surface area contributed by atoms with Gasteiger partial charge in [-0.05, 0) is 26.0 Å². The summed E-state index contributed by atoms with van der Waals surface area (Å²) in [7, 11) is -1.33. The highest BCUT2D eigenvalue weighted by Crippen LogP contribution is 2.38. The average molecular weight is 301 g/mol. The zero-order valence-corrected chi connectivity index (χ0v) is 12.7. The number of aromatic nitrogens is 1. The predicted molar refractivity (Wildman–Crippen MR) is 73.9 cm³/mol. The molecule has 1 aromatic heterocycles. The van der Waals surface area contributed by atoms with E-state index < -0.39 is 21.1 Å². The lowest BCUT2D eigenvalue weighted by molar-refractivity contribution is -0.158. The molecule has 1 unspecified atom stereocenters. The van der Waals surface area contributed by atoms with Crippen LogP contribution in [0.5, 0.6) is 0 Å². The van der Waals surface area contributed by atoms with Gasteiger partial charge in [-0.3, -0.25) is 5.32 Å². The van der Waals surface area contributed by atoms with Crippen molar-refractivity contribution < 1.29 is 17.9 Å². The lowest BCUT2D eigenvalue weighted by Crippen LogP contribution is -2.65. The molecule has 1 atom stereocenters. The molecule has 1 aliphatic heterocycles. The SMILES string of the molecule is COC1(OC)C(NC(C)C)Nc2cccnc2S1(=O)=O. The van der Waals surface area contributed by atoms with E-state index in [0.717, 1.165) is 0 Å². The zero-order valence-electron chi connectivity index (χ0n) is 11.9. The molecule has 0 radical (unpaired) electrons. The van der Waals surface area contributed by atoms with E-state index in [1.165, 1.54) is 20.4 Å². The quantitative estimate of drug-likeness (QED) is 0.785. The number of rotatable bonds is 4. The van der Waals surface area contributed by atoms with E-state index in [0.29, 0.717) is 5.69 Å². The molecule has 0 aliphatic carbocycles. The van der Waals surface area contributed by atoms with Crippen LogP contribution in [0.15, 0.2) is 23.4 Å². The number of hydrogen-bond donors (Lipinski definition) is 2. The van der Waals surface area contributed by atoms with Crippen molar-refractivity contribution in [3.63, 3.8) is 0 Å². The number of nitrogens with one attached hydrogen (secondary N) is 2. The molecule has 1 aromatic rings. The van der Waals surface area contributed by atoms with Crippen LogP contribution >= 0.6 is 0 Å². The molecule has 20 heavy (non-hydrogen) atoms. The van der Waals surface area contributed by atoms with Crippen molar-refractivity contribution in [2.24, 2.45) is 0 Å². The van der Waals surface area contributed by atoms with E-state index in [4.69, 9.17) is 9.47 Å². The monoisotopic (exact) mass is 301 g/mol. The van der Waals surface area contributed by atoms with Gasteiger partial charge in [0.1, 0.15) is 6.17 Å². The van der Waals surface area contributed by atoms with Crippen LogP contribution in [0.4, 0.5) is 5.69 Å². The van der Waals surface area contributed by atoms with E-state index in [1.54, 1.807) is 12.1 Å². The first kappa shape index (κ1) is 15.2. The summed E-state index contributed by atoms with van der Waals surface area (Å²) in [6.07, 6.45) is 0.670. The van der Waals surface area contributed by atoms with Gasteiger partial charge in [-0.1, -0.05) is 0 Å². The van der Waals surface area contributed by atoms with E-state index in [1.807, 2.05) is 13.8 Å². The summed E-state index contributed by atoms with van der Waals surface area (Å²) in [5.41, 5.74) is 0.426. The number of anilines is 1. The molecule has 0 fully saturated rings. The van der Waals surface area contributed by atoms with Crippen molar-refractivity contribution in [1.82, 2.24) is 10.3 Å². The van der Waals surface area contributed by atoms with Crippen LogP contribution in [0.3, 0.4) is 0 Å². The molecule has 112 valence electrons. The Morgan fingerprint density at radius 1 is 1.40 bits per heavy atom. The Morgan fingerprint density at radius 2 is 2.05 bits per heavy atom. The van der Waals surface area contributed by atoms with Gasteiger partial charge in [0, 0.05) is 26.5 Å². The van der Waals surface area contributed by atoms with Crippen LogP contribution in [0.1, 0.15) is 13.8 Å². The second kappa shape index (κ2) is 5.28. The summed E-state index contributed by atoms with van der Waals surface area (Å²) in [5.74, 6) is 0. The Kier molecular flexibility index (Phi) is 4.01. The summed E-state index contributed by atoms with van der Waals surface area (Å²) in [6, 6.07) is 3.36. The highest BCUT2D eigenvalue weighted by Gasteiger charge is 2.57. The third-order valence-corrected chi connectivity index (χ3v) is 5.28. The number of pyridine rings is 1. The Bertz CT molecular complexity index is 584.